The van der Waals surface area contributed by atoms with E-state index < -0.39 is 27.7 Å². The van der Waals surface area contributed by atoms with Crippen LogP contribution < -0.4 is 10.2 Å². The lowest BCUT2D eigenvalue weighted by atomic mass is 10.1. The van der Waals surface area contributed by atoms with E-state index >= 15 is 0 Å². The number of pyridine rings is 1. The zero-order valence-corrected chi connectivity index (χ0v) is 20.8. The van der Waals surface area contributed by atoms with Gasteiger partial charge in [0.15, 0.2) is 9.84 Å². The van der Waals surface area contributed by atoms with E-state index in [1.54, 1.807) is 31.2 Å². The molecule has 1 atom stereocenters. The summed E-state index contributed by atoms with van der Waals surface area (Å²) in [5.74, 6) is 0.399. The summed E-state index contributed by atoms with van der Waals surface area (Å²) in [6, 6.07) is 14.7. The first-order valence-electron chi connectivity index (χ1n) is 11.7. The quantitative estimate of drug-likeness (QED) is 0.476. The molecule has 0 aliphatic carbocycles. The number of ether oxygens (including phenoxy) is 1. The highest BCUT2D eigenvalue weighted by molar-refractivity contribution is 7.91. The Balaban J connectivity index is 1.34. The van der Waals surface area contributed by atoms with E-state index in [0.717, 1.165) is 12.1 Å². The number of benzene rings is 2. The topological polar surface area (TPSA) is 88.6 Å². The minimum Gasteiger partial charge on any atom is -0.370 e. The van der Waals surface area contributed by atoms with Crippen LogP contribution in [-0.4, -0.2) is 44.8 Å². The molecule has 3 aromatic rings. The second-order valence-corrected chi connectivity index (χ2v) is 10.9. The fourth-order valence-electron chi connectivity index (χ4n) is 3.96. The molecule has 1 saturated heterocycles. The summed E-state index contributed by atoms with van der Waals surface area (Å²) in [6.45, 7) is 2.96. The predicted molar refractivity (Wildman–Crippen MR) is 133 cm³/mol. The molecule has 0 bridgehead atoms. The van der Waals surface area contributed by atoms with Crippen molar-refractivity contribution in [2.45, 2.75) is 30.5 Å². The third-order valence-electron chi connectivity index (χ3n) is 6.06. The molecular formula is C26H26F3N3O4S. The fraction of sp³-hybridized carbons (Fsp3) is 0.308. The average Bonchev–Trinajstić information content (AvgIpc) is 2.89. The van der Waals surface area contributed by atoms with Crippen LogP contribution in [0, 0.1) is 0 Å². The Morgan fingerprint density at radius 1 is 1.08 bits per heavy atom. The van der Waals surface area contributed by atoms with Gasteiger partial charge in [-0.15, -0.1) is 0 Å². The minimum absolute atomic E-state index is 0.00991. The largest absolute Gasteiger partial charge is 0.416 e. The summed E-state index contributed by atoms with van der Waals surface area (Å²) in [5, 5.41) is 2.77. The Morgan fingerprint density at radius 2 is 1.78 bits per heavy atom. The van der Waals surface area contributed by atoms with Crippen LogP contribution in [0.3, 0.4) is 0 Å². The molecule has 1 aliphatic rings. The van der Waals surface area contributed by atoms with Crippen LogP contribution >= 0.6 is 0 Å². The molecule has 196 valence electrons. The Morgan fingerprint density at radius 3 is 2.38 bits per heavy atom. The van der Waals surface area contributed by atoms with Crippen LogP contribution in [0.15, 0.2) is 71.8 Å². The first kappa shape index (κ1) is 26.6. The third kappa shape index (κ3) is 6.66. The third-order valence-corrected chi connectivity index (χ3v) is 7.81. The number of rotatable bonds is 7. The molecule has 1 unspecified atom stereocenters. The van der Waals surface area contributed by atoms with Gasteiger partial charge in [0, 0.05) is 13.1 Å². The van der Waals surface area contributed by atoms with E-state index in [0.29, 0.717) is 42.3 Å². The number of nitrogens with one attached hydrogen (secondary N) is 1. The van der Waals surface area contributed by atoms with Gasteiger partial charge in [-0.2, -0.15) is 13.2 Å². The first-order valence-corrected chi connectivity index (χ1v) is 13.3. The Bertz CT molecular complexity index is 1330. The van der Waals surface area contributed by atoms with Gasteiger partial charge in [0.1, 0.15) is 11.9 Å². The maximum atomic E-state index is 12.8. The van der Waals surface area contributed by atoms with E-state index in [-0.39, 0.29) is 23.0 Å². The van der Waals surface area contributed by atoms with Crippen molar-refractivity contribution in [1.29, 1.82) is 0 Å². The lowest BCUT2D eigenvalue weighted by Gasteiger charge is -2.34. The number of sulfone groups is 1. The molecular weight excluding hydrogens is 507 g/mol. The van der Waals surface area contributed by atoms with Gasteiger partial charge in [-0.1, -0.05) is 31.2 Å². The predicted octanol–water partition coefficient (Wildman–Crippen LogP) is 4.65. The first-order chi connectivity index (χ1) is 17.5. The van der Waals surface area contributed by atoms with E-state index in [1.165, 1.54) is 30.5 Å². The smallest absolute Gasteiger partial charge is 0.370 e. The molecule has 1 amide bonds. The van der Waals surface area contributed by atoms with E-state index in [2.05, 4.69) is 10.3 Å². The van der Waals surface area contributed by atoms with Gasteiger partial charge >= 0.3 is 6.18 Å². The molecule has 0 spiro atoms. The standard InChI is InChI=1S/C26H26F3N3O4S/c1-2-37(34,35)22-10-3-18(4-11-22)15-25(33)31-21-9-12-24(30-16-21)32-13-14-36-23(17-32)19-5-7-20(8-6-19)26(27,28)29/h3-12,16,23H,2,13-15,17H2,1H3,(H,31,33). The summed E-state index contributed by atoms with van der Waals surface area (Å²) < 4.78 is 68.1. The summed E-state index contributed by atoms with van der Waals surface area (Å²) in [4.78, 5) is 19.1. The highest BCUT2D eigenvalue weighted by Gasteiger charge is 2.31. The number of nitrogens with zero attached hydrogens (tertiary/aromatic N) is 2. The highest BCUT2D eigenvalue weighted by atomic mass is 32.2. The van der Waals surface area contributed by atoms with E-state index in [1.807, 2.05) is 4.90 Å². The highest BCUT2D eigenvalue weighted by Crippen LogP contribution is 2.31. The molecule has 2 aromatic carbocycles. The summed E-state index contributed by atoms with van der Waals surface area (Å²) in [5.41, 5.74) is 1.14. The molecule has 1 aromatic heterocycles. The van der Waals surface area contributed by atoms with Crippen LogP contribution in [0.2, 0.25) is 0 Å². The van der Waals surface area contributed by atoms with Gasteiger partial charge in [0.25, 0.3) is 0 Å². The Hall–Kier alpha value is -3.44. The van der Waals surface area contributed by atoms with Crippen LogP contribution in [0.25, 0.3) is 0 Å². The van der Waals surface area contributed by atoms with Crippen molar-refractivity contribution in [1.82, 2.24) is 4.98 Å². The average molecular weight is 534 g/mol. The second-order valence-electron chi connectivity index (χ2n) is 8.60. The van der Waals surface area contributed by atoms with Crippen molar-refractivity contribution in [2.24, 2.45) is 0 Å². The SMILES string of the molecule is CCS(=O)(=O)c1ccc(CC(=O)Nc2ccc(N3CCOC(c4ccc(C(F)(F)F)cc4)C3)nc2)cc1. The zero-order chi connectivity index (χ0) is 26.6. The molecule has 11 heteroatoms. The summed E-state index contributed by atoms with van der Waals surface area (Å²) >= 11 is 0. The van der Waals surface area contributed by atoms with Gasteiger partial charge in [-0.3, -0.25) is 4.79 Å². The summed E-state index contributed by atoms with van der Waals surface area (Å²) in [6.07, 6.45) is -3.17. The number of alkyl halides is 3. The maximum absolute atomic E-state index is 12.8. The second kappa shape index (κ2) is 10.9. The maximum Gasteiger partial charge on any atom is 0.416 e. The fourth-order valence-corrected chi connectivity index (χ4v) is 4.85. The monoisotopic (exact) mass is 533 g/mol. The normalized spacial score (nSPS) is 16.4. The van der Waals surface area contributed by atoms with Gasteiger partial charge in [-0.25, -0.2) is 13.4 Å². The van der Waals surface area contributed by atoms with Crippen molar-refractivity contribution in [3.8, 4) is 0 Å². The van der Waals surface area contributed by atoms with Crippen LogP contribution in [-0.2, 0) is 32.0 Å². The molecule has 0 radical (unpaired) electrons. The molecule has 0 saturated carbocycles. The van der Waals surface area contributed by atoms with Crippen molar-refractivity contribution in [3.05, 3.63) is 83.6 Å². The number of halogens is 3. The number of hydrogen-bond acceptors (Lipinski definition) is 6. The molecule has 1 fully saturated rings. The van der Waals surface area contributed by atoms with E-state index in [4.69, 9.17) is 4.74 Å². The molecule has 1 N–H and O–H groups in total. The molecule has 2 heterocycles. The molecule has 1 aliphatic heterocycles. The van der Waals surface area contributed by atoms with Gasteiger partial charge in [0.2, 0.25) is 5.91 Å². The van der Waals surface area contributed by atoms with Crippen molar-refractivity contribution in [3.63, 3.8) is 0 Å². The van der Waals surface area contributed by atoms with Crippen LogP contribution in [0.5, 0.6) is 0 Å². The molecule has 7 nitrogen and oxygen atoms in total. The number of morpholine rings is 1. The van der Waals surface area contributed by atoms with Crippen molar-refractivity contribution in [2.75, 3.05) is 35.7 Å². The number of aromatic nitrogens is 1. The molecule has 37 heavy (non-hydrogen) atoms. The van der Waals surface area contributed by atoms with Gasteiger partial charge in [0.05, 0.1) is 41.1 Å². The van der Waals surface area contributed by atoms with E-state index in [9.17, 15) is 26.4 Å². The minimum atomic E-state index is -4.39. The van der Waals surface area contributed by atoms with Crippen LogP contribution in [0.4, 0.5) is 24.7 Å². The Labute approximate surface area is 213 Å². The zero-order valence-electron chi connectivity index (χ0n) is 20.0. The number of carbonyl (C=O) groups is 1. The van der Waals surface area contributed by atoms with Gasteiger partial charge < -0.3 is 15.0 Å². The van der Waals surface area contributed by atoms with Gasteiger partial charge in [-0.05, 0) is 47.5 Å². The number of anilines is 2. The van der Waals surface area contributed by atoms with Crippen LogP contribution in [0.1, 0.15) is 29.7 Å². The summed E-state index contributed by atoms with van der Waals surface area (Å²) in [7, 11) is -3.29. The van der Waals surface area contributed by atoms with Crippen molar-refractivity contribution < 1.29 is 31.1 Å². The molecule has 4 rings (SSSR count). The number of hydrogen-bond donors (Lipinski definition) is 1. The number of amides is 1. The lowest BCUT2D eigenvalue weighted by molar-refractivity contribution is -0.137. The number of carbonyl (C=O) groups excluding carboxylic acids is 1. The lowest BCUT2D eigenvalue weighted by Crippen LogP contribution is -2.38. The van der Waals surface area contributed by atoms with Crippen molar-refractivity contribution >= 4 is 27.2 Å². The Kier molecular flexibility index (Phi) is 7.84.